The molecule has 2 aliphatic rings. The summed E-state index contributed by atoms with van der Waals surface area (Å²) in [6.45, 7) is 2.72. The Morgan fingerprint density at radius 2 is 1.97 bits per heavy atom. The lowest BCUT2D eigenvalue weighted by Crippen LogP contribution is -2.44. The summed E-state index contributed by atoms with van der Waals surface area (Å²) in [5, 5.41) is 3.06. The monoisotopic (exact) mass is 437 g/mol. The van der Waals surface area contributed by atoms with Crippen molar-refractivity contribution in [1.29, 1.82) is 0 Å². The van der Waals surface area contributed by atoms with Gasteiger partial charge in [-0.1, -0.05) is 24.3 Å². The van der Waals surface area contributed by atoms with Gasteiger partial charge in [0.05, 0.1) is 30.4 Å². The van der Waals surface area contributed by atoms with E-state index >= 15 is 0 Å². The molecule has 170 valence electrons. The SMILES string of the molecule is CN(C)Cc1ccccc1CN(C)C(=O)c1cnc2c(c1)N(CC1CCCO1)C(=O)CN2. The first-order valence-corrected chi connectivity index (χ1v) is 11.0. The Labute approximate surface area is 189 Å². The molecule has 1 N–H and O–H groups in total. The van der Waals surface area contributed by atoms with Gasteiger partial charge in [0.15, 0.2) is 0 Å². The van der Waals surface area contributed by atoms with Gasteiger partial charge in [0.25, 0.3) is 5.91 Å². The molecule has 2 amide bonds. The molecular weight excluding hydrogens is 406 g/mol. The van der Waals surface area contributed by atoms with Gasteiger partial charge in [0.2, 0.25) is 5.91 Å². The van der Waals surface area contributed by atoms with Crippen molar-refractivity contribution in [1.82, 2.24) is 14.8 Å². The zero-order valence-corrected chi connectivity index (χ0v) is 19.0. The normalized spacial score (nSPS) is 17.9. The van der Waals surface area contributed by atoms with Crippen molar-refractivity contribution in [3.05, 3.63) is 53.2 Å². The van der Waals surface area contributed by atoms with Gasteiger partial charge in [-0.15, -0.1) is 0 Å². The first-order valence-electron chi connectivity index (χ1n) is 11.0. The number of nitrogens with one attached hydrogen (secondary N) is 1. The molecule has 1 aromatic heterocycles. The molecule has 0 aliphatic carbocycles. The summed E-state index contributed by atoms with van der Waals surface area (Å²) in [4.78, 5) is 35.8. The number of nitrogens with zero attached hydrogens (tertiary/aromatic N) is 4. The highest BCUT2D eigenvalue weighted by atomic mass is 16.5. The Kier molecular flexibility index (Phi) is 6.72. The summed E-state index contributed by atoms with van der Waals surface area (Å²) in [6.07, 6.45) is 3.55. The molecule has 1 atom stereocenters. The molecule has 1 aromatic carbocycles. The highest BCUT2D eigenvalue weighted by molar-refractivity contribution is 6.04. The lowest BCUT2D eigenvalue weighted by molar-refractivity contribution is -0.117. The van der Waals surface area contributed by atoms with Crippen molar-refractivity contribution >= 4 is 23.3 Å². The van der Waals surface area contributed by atoms with E-state index in [1.165, 1.54) is 5.56 Å². The van der Waals surface area contributed by atoms with E-state index in [0.29, 0.717) is 30.2 Å². The number of carbonyl (C=O) groups is 2. The van der Waals surface area contributed by atoms with Gasteiger partial charge in [-0.05, 0) is 44.1 Å². The van der Waals surface area contributed by atoms with E-state index < -0.39 is 0 Å². The standard InChI is InChI=1S/C24H31N5O3/c1-27(2)14-17-7-4-5-8-18(17)15-28(3)24(31)19-11-21-23(25-12-19)26-13-22(30)29(21)16-20-9-6-10-32-20/h4-5,7-8,11-12,20H,6,9-10,13-16H2,1-3H3,(H,25,26). The molecule has 0 spiro atoms. The molecule has 0 bridgehead atoms. The fourth-order valence-electron chi connectivity index (χ4n) is 4.25. The number of amides is 2. The number of aromatic nitrogens is 1. The number of hydrogen-bond donors (Lipinski definition) is 1. The molecule has 32 heavy (non-hydrogen) atoms. The van der Waals surface area contributed by atoms with Crippen molar-refractivity contribution in [2.45, 2.75) is 32.0 Å². The van der Waals surface area contributed by atoms with Gasteiger partial charge in [0.1, 0.15) is 5.82 Å². The van der Waals surface area contributed by atoms with Crippen molar-refractivity contribution in [3.8, 4) is 0 Å². The van der Waals surface area contributed by atoms with Crippen LogP contribution in [0.25, 0.3) is 0 Å². The third-order valence-electron chi connectivity index (χ3n) is 5.88. The van der Waals surface area contributed by atoms with E-state index in [-0.39, 0.29) is 24.5 Å². The number of hydrogen-bond acceptors (Lipinski definition) is 6. The summed E-state index contributed by atoms with van der Waals surface area (Å²) in [6, 6.07) is 9.93. The highest BCUT2D eigenvalue weighted by Crippen LogP contribution is 2.30. The molecular formula is C24H31N5O3. The third-order valence-corrected chi connectivity index (χ3v) is 5.88. The van der Waals surface area contributed by atoms with E-state index in [1.54, 1.807) is 29.1 Å². The van der Waals surface area contributed by atoms with Crippen LogP contribution in [0.4, 0.5) is 11.5 Å². The van der Waals surface area contributed by atoms with Crippen molar-refractivity contribution in [3.63, 3.8) is 0 Å². The molecule has 4 rings (SSSR count). The quantitative estimate of drug-likeness (QED) is 0.717. The van der Waals surface area contributed by atoms with Crippen LogP contribution in [-0.2, 0) is 22.6 Å². The van der Waals surface area contributed by atoms with E-state index in [1.807, 2.05) is 26.2 Å². The largest absolute Gasteiger partial charge is 0.376 e. The van der Waals surface area contributed by atoms with Crippen LogP contribution in [0.3, 0.4) is 0 Å². The van der Waals surface area contributed by atoms with Crippen molar-refractivity contribution < 1.29 is 14.3 Å². The van der Waals surface area contributed by atoms with Crippen LogP contribution in [0.1, 0.15) is 34.3 Å². The minimum Gasteiger partial charge on any atom is -0.376 e. The number of anilines is 2. The fourth-order valence-corrected chi connectivity index (χ4v) is 4.25. The topological polar surface area (TPSA) is 78.0 Å². The molecule has 3 heterocycles. The number of benzene rings is 1. The molecule has 2 aliphatic heterocycles. The molecule has 0 saturated carbocycles. The predicted octanol–water partition coefficient (Wildman–Crippen LogP) is 2.35. The van der Waals surface area contributed by atoms with Crippen molar-refractivity contribution in [2.75, 3.05) is 51.1 Å². The Morgan fingerprint density at radius 3 is 2.66 bits per heavy atom. The number of fused-ring (bicyclic) bond motifs is 1. The second-order valence-electron chi connectivity index (χ2n) is 8.75. The first kappa shape index (κ1) is 22.2. The molecule has 1 unspecified atom stereocenters. The third kappa shape index (κ3) is 4.92. The average Bonchev–Trinajstić information content (AvgIpc) is 3.29. The first-order chi connectivity index (χ1) is 15.4. The summed E-state index contributed by atoms with van der Waals surface area (Å²) < 4.78 is 5.73. The van der Waals surface area contributed by atoms with Gasteiger partial charge in [0, 0.05) is 32.9 Å². The molecule has 8 nitrogen and oxygen atoms in total. The lowest BCUT2D eigenvalue weighted by Gasteiger charge is -2.31. The van der Waals surface area contributed by atoms with Gasteiger partial charge in [-0.25, -0.2) is 4.98 Å². The minimum atomic E-state index is -0.130. The van der Waals surface area contributed by atoms with E-state index in [0.717, 1.165) is 31.6 Å². The average molecular weight is 438 g/mol. The maximum atomic E-state index is 13.2. The van der Waals surface area contributed by atoms with E-state index in [2.05, 4.69) is 27.3 Å². The smallest absolute Gasteiger partial charge is 0.255 e. The fraction of sp³-hybridized carbons (Fsp3) is 0.458. The van der Waals surface area contributed by atoms with Gasteiger partial charge in [-0.2, -0.15) is 0 Å². The Morgan fingerprint density at radius 1 is 1.22 bits per heavy atom. The lowest BCUT2D eigenvalue weighted by atomic mass is 10.1. The van der Waals surface area contributed by atoms with Crippen LogP contribution in [0.5, 0.6) is 0 Å². The molecule has 8 heteroatoms. The predicted molar refractivity (Wildman–Crippen MR) is 124 cm³/mol. The number of carbonyl (C=O) groups excluding carboxylic acids is 2. The van der Waals surface area contributed by atoms with Crippen LogP contribution in [0, 0.1) is 0 Å². The minimum absolute atomic E-state index is 0.0279. The molecule has 1 saturated heterocycles. The molecule has 0 radical (unpaired) electrons. The summed E-state index contributed by atoms with van der Waals surface area (Å²) in [5.74, 6) is 0.457. The second-order valence-corrected chi connectivity index (χ2v) is 8.75. The van der Waals surface area contributed by atoms with E-state index in [4.69, 9.17) is 4.74 Å². The van der Waals surface area contributed by atoms with Crippen LogP contribution in [0.2, 0.25) is 0 Å². The molecule has 2 aromatic rings. The zero-order chi connectivity index (χ0) is 22.7. The molecule has 1 fully saturated rings. The zero-order valence-electron chi connectivity index (χ0n) is 19.0. The number of ether oxygens (including phenoxy) is 1. The van der Waals surface area contributed by atoms with Crippen molar-refractivity contribution in [2.24, 2.45) is 0 Å². The Bertz CT molecular complexity index is 987. The van der Waals surface area contributed by atoms with Gasteiger partial charge < -0.3 is 24.8 Å². The maximum absolute atomic E-state index is 13.2. The Hall–Kier alpha value is -2.97. The van der Waals surface area contributed by atoms with E-state index in [9.17, 15) is 9.59 Å². The maximum Gasteiger partial charge on any atom is 0.255 e. The summed E-state index contributed by atoms with van der Waals surface area (Å²) >= 11 is 0. The van der Waals surface area contributed by atoms with Crippen LogP contribution >= 0.6 is 0 Å². The highest BCUT2D eigenvalue weighted by Gasteiger charge is 2.30. The summed E-state index contributed by atoms with van der Waals surface area (Å²) in [7, 11) is 5.85. The Balaban J connectivity index is 1.53. The van der Waals surface area contributed by atoms with Crippen LogP contribution < -0.4 is 10.2 Å². The van der Waals surface area contributed by atoms with Crippen LogP contribution in [-0.4, -0.2) is 73.5 Å². The van der Waals surface area contributed by atoms with Crippen LogP contribution in [0.15, 0.2) is 36.5 Å². The van der Waals surface area contributed by atoms with Gasteiger partial charge >= 0.3 is 0 Å². The van der Waals surface area contributed by atoms with Gasteiger partial charge in [-0.3, -0.25) is 9.59 Å². The summed E-state index contributed by atoms with van der Waals surface area (Å²) in [5.41, 5.74) is 3.41. The second kappa shape index (κ2) is 9.67. The number of pyridine rings is 1. The number of rotatable bonds is 7.